The lowest BCUT2D eigenvalue weighted by Gasteiger charge is -2.42. The zero-order valence-electron chi connectivity index (χ0n) is 11.9. The first-order valence-electron chi connectivity index (χ1n) is 7.02. The van der Waals surface area contributed by atoms with Crippen LogP contribution in [0.2, 0.25) is 0 Å². The fourth-order valence-corrected chi connectivity index (χ4v) is 4.02. The van der Waals surface area contributed by atoms with E-state index in [1.54, 1.807) is 5.56 Å². The van der Waals surface area contributed by atoms with Crippen molar-refractivity contribution in [2.24, 2.45) is 0 Å². The van der Waals surface area contributed by atoms with Crippen molar-refractivity contribution in [3.63, 3.8) is 0 Å². The maximum atomic E-state index is 11.3. The maximum absolute atomic E-state index is 11.3. The average Bonchev–Trinajstić information content (AvgIpc) is 2.67. The summed E-state index contributed by atoms with van der Waals surface area (Å²) >= 11 is 0. The molecule has 1 heteroatoms. The van der Waals surface area contributed by atoms with Crippen LogP contribution in [0.15, 0.2) is 6.07 Å². The third-order valence-electron chi connectivity index (χ3n) is 5.44. The fraction of sp³-hybridized carbons (Fsp3) is 0.588. The topological polar surface area (TPSA) is 17.1 Å². The lowest BCUT2D eigenvalue weighted by atomic mass is 9.62. The highest BCUT2D eigenvalue weighted by atomic mass is 16.1. The van der Waals surface area contributed by atoms with Crippen LogP contribution >= 0.6 is 0 Å². The van der Waals surface area contributed by atoms with Gasteiger partial charge in [0.05, 0.1) is 0 Å². The molecule has 0 spiro atoms. The summed E-state index contributed by atoms with van der Waals surface area (Å²) in [5.74, 6) is 0. The molecule has 0 amide bonds. The zero-order valence-corrected chi connectivity index (χ0v) is 11.9. The minimum absolute atomic E-state index is 0.222. The molecular formula is C17H22O. The molecule has 0 fully saturated rings. The monoisotopic (exact) mass is 242 g/mol. The molecule has 2 aliphatic carbocycles. The average molecular weight is 242 g/mol. The summed E-state index contributed by atoms with van der Waals surface area (Å²) in [5, 5.41) is 0. The van der Waals surface area contributed by atoms with Crippen molar-refractivity contribution < 1.29 is 4.79 Å². The first kappa shape index (κ1) is 12.0. The van der Waals surface area contributed by atoms with Gasteiger partial charge in [0.1, 0.15) is 6.29 Å². The van der Waals surface area contributed by atoms with Crippen molar-refractivity contribution in [1.82, 2.24) is 0 Å². The van der Waals surface area contributed by atoms with Crippen molar-refractivity contribution in [3.8, 4) is 0 Å². The quantitative estimate of drug-likeness (QED) is 0.678. The second kappa shape index (κ2) is 3.46. The van der Waals surface area contributed by atoms with E-state index >= 15 is 0 Å². The minimum atomic E-state index is 0.222. The third kappa shape index (κ3) is 1.36. The van der Waals surface area contributed by atoms with E-state index in [2.05, 4.69) is 33.8 Å². The molecule has 1 atom stereocenters. The smallest absolute Gasteiger partial charge is 0.150 e. The summed E-state index contributed by atoms with van der Waals surface area (Å²) in [7, 11) is 0. The SMILES string of the molecule is Cc1c(C=O)cc2c3c1CCC3(C)CCC2(C)C. The molecule has 18 heavy (non-hydrogen) atoms. The predicted molar refractivity (Wildman–Crippen MR) is 74.5 cm³/mol. The van der Waals surface area contributed by atoms with Gasteiger partial charge in [-0.25, -0.2) is 0 Å². The van der Waals surface area contributed by atoms with Gasteiger partial charge in [-0.15, -0.1) is 0 Å². The van der Waals surface area contributed by atoms with E-state index in [0.717, 1.165) is 18.3 Å². The van der Waals surface area contributed by atoms with E-state index in [0.29, 0.717) is 5.41 Å². The highest BCUT2D eigenvalue weighted by Crippen LogP contribution is 2.53. The molecule has 0 aliphatic heterocycles. The van der Waals surface area contributed by atoms with Crippen LogP contribution in [0.5, 0.6) is 0 Å². The summed E-state index contributed by atoms with van der Waals surface area (Å²) in [6.07, 6.45) is 5.97. The third-order valence-corrected chi connectivity index (χ3v) is 5.44. The van der Waals surface area contributed by atoms with Gasteiger partial charge < -0.3 is 0 Å². The molecule has 0 N–H and O–H groups in total. The first-order valence-corrected chi connectivity index (χ1v) is 7.02. The molecule has 0 saturated heterocycles. The summed E-state index contributed by atoms with van der Waals surface area (Å²) in [6, 6.07) is 2.17. The Hall–Kier alpha value is -1.11. The van der Waals surface area contributed by atoms with Crippen LogP contribution < -0.4 is 0 Å². The molecular weight excluding hydrogens is 220 g/mol. The number of hydrogen-bond acceptors (Lipinski definition) is 1. The molecule has 0 bridgehead atoms. The molecule has 0 saturated carbocycles. The molecule has 1 nitrogen and oxygen atoms in total. The lowest BCUT2D eigenvalue weighted by molar-refractivity contribution is 0.112. The number of carbonyl (C=O) groups excluding carboxylic acids is 1. The number of aldehydes is 1. The molecule has 0 radical (unpaired) electrons. The van der Waals surface area contributed by atoms with E-state index in [4.69, 9.17) is 0 Å². The predicted octanol–water partition coefficient (Wildman–Crippen LogP) is 4.08. The van der Waals surface area contributed by atoms with Crippen molar-refractivity contribution >= 4 is 6.29 Å². The lowest BCUT2D eigenvalue weighted by Crippen LogP contribution is -2.34. The Balaban J connectivity index is 2.37. The number of hydrogen-bond donors (Lipinski definition) is 0. The van der Waals surface area contributed by atoms with Gasteiger partial charge in [0.15, 0.2) is 0 Å². The van der Waals surface area contributed by atoms with Crippen molar-refractivity contribution in [2.75, 3.05) is 0 Å². The Bertz CT molecular complexity index is 539. The highest BCUT2D eigenvalue weighted by Gasteiger charge is 2.45. The molecule has 96 valence electrons. The maximum Gasteiger partial charge on any atom is 0.150 e. The number of benzene rings is 1. The van der Waals surface area contributed by atoms with E-state index in [1.165, 1.54) is 36.0 Å². The summed E-state index contributed by atoms with van der Waals surface area (Å²) in [4.78, 5) is 11.3. The highest BCUT2D eigenvalue weighted by molar-refractivity contribution is 5.80. The standard InChI is InChI=1S/C17H22O/c1-11-12(10-18)9-14-15-13(11)5-6-17(15,4)8-7-16(14,2)3/h9-10H,5-8H2,1-4H3. The first-order chi connectivity index (χ1) is 8.39. The fourth-order valence-electron chi connectivity index (χ4n) is 4.02. The van der Waals surface area contributed by atoms with Gasteiger partial charge in [0, 0.05) is 5.56 Å². The van der Waals surface area contributed by atoms with Crippen LogP contribution in [0.25, 0.3) is 0 Å². The van der Waals surface area contributed by atoms with Crippen molar-refractivity contribution in [3.05, 3.63) is 33.9 Å². The van der Waals surface area contributed by atoms with Gasteiger partial charge in [-0.1, -0.05) is 20.8 Å². The molecule has 1 aromatic carbocycles. The summed E-state index contributed by atoms with van der Waals surface area (Å²) in [5.41, 5.74) is 7.22. The Morgan fingerprint density at radius 3 is 2.56 bits per heavy atom. The normalized spacial score (nSPS) is 28.0. The van der Waals surface area contributed by atoms with Crippen LogP contribution in [0.4, 0.5) is 0 Å². The Morgan fingerprint density at radius 2 is 1.89 bits per heavy atom. The van der Waals surface area contributed by atoms with Gasteiger partial charge in [-0.3, -0.25) is 4.79 Å². The number of rotatable bonds is 1. The van der Waals surface area contributed by atoms with Gasteiger partial charge in [-0.2, -0.15) is 0 Å². The van der Waals surface area contributed by atoms with E-state index in [-0.39, 0.29) is 5.41 Å². The largest absolute Gasteiger partial charge is 0.298 e. The molecule has 0 heterocycles. The van der Waals surface area contributed by atoms with Crippen LogP contribution in [0.3, 0.4) is 0 Å². The van der Waals surface area contributed by atoms with Crippen LogP contribution in [-0.4, -0.2) is 6.29 Å². The summed E-state index contributed by atoms with van der Waals surface area (Å²) < 4.78 is 0. The zero-order chi connectivity index (χ0) is 13.1. The van der Waals surface area contributed by atoms with Crippen LogP contribution in [-0.2, 0) is 17.3 Å². The van der Waals surface area contributed by atoms with Crippen LogP contribution in [0, 0.1) is 6.92 Å². The molecule has 0 aromatic heterocycles. The second-order valence-corrected chi connectivity index (χ2v) is 7.05. The second-order valence-electron chi connectivity index (χ2n) is 7.05. The van der Waals surface area contributed by atoms with E-state index in [1.807, 2.05) is 0 Å². The van der Waals surface area contributed by atoms with Gasteiger partial charge >= 0.3 is 0 Å². The summed E-state index contributed by atoms with van der Waals surface area (Å²) in [6.45, 7) is 9.18. The Kier molecular flexibility index (Phi) is 2.30. The van der Waals surface area contributed by atoms with Crippen LogP contribution in [0.1, 0.15) is 72.6 Å². The van der Waals surface area contributed by atoms with Gasteiger partial charge in [-0.05, 0) is 71.8 Å². The minimum Gasteiger partial charge on any atom is -0.298 e. The van der Waals surface area contributed by atoms with Crippen molar-refractivity contribution in [2.45, 2.75) is 64.2 Å². The molecule has 1 unspecified atom stereocenters. The van der Waals surface area contributed by atoms with E-state index < -0.39 is 0 Å². The van der Waals surface area contributed by atoms with Gasteiger partial charge in [0.25, 0.3) is 0 Å². The van der Waals surface area contributed by atoms with Crippen molar-refractivity contribution in [1.29, 1.82) is 0 Å². The molecule has 1 aromatic rings. The molecule has 2 aliphatic rings. The Labute approximate surface area is 110 Å². The molecule has 3 rings (SSSR count). The Morgan fingerprint density at radius 1 is 1.17 bits per heavy atom. The van der Waals surface area contributed by atoms with E-state index in [9.17, 15) is 4.79 Å². The van der Waals surface area contributed by atoms with Gasteiger partial charge in [0.2, 0.25) is 0 Å². The number of carbonyl (C=O) groups is 1.